The van der Waals surface area contributed by atoms with E-state index in [1.54, 1.807) is 24.7 Å². The van der Waals surface area contributed by atoms with Crippen molar-refractivity contribution < 1.29 is 14.3 Å². The van der Waals surface area contributed by atoms with Gasteiger partial charge in [0.1, 0.15) is 0 Å². The van der Waals surface area contributed by atoms with E-state index in [1.807, 2.05) is 6.07 Å². The van der Waals surface area contributed by atoms with Gasteiger partial charge in [0.25, 0.3) is 0 Å². The molecule has 4 N–H and O–H groups in total. The van der Waals surface area contributed by atoms with Crippen LogP contribution in [0.1, 0.15) is 15.9 Å². The van der Waals surface area contributed by atoms with Crippen molar-refractivity contribution in [1.29, 1.82) is 0 Å². The summed E-state index contributed by atoms with van der Waals surface area (Å²) in [6.07, 6.45) is 3.17. The summed E-state index contributed by atoms with van der Waals surface area (Å²) >= 11 is 0. The number of hydrogen-bond acceptors (Lipinski definition) is 4. The fourth-order valence-electron chi connectivity index (χ4n) is 1.48. The Kier molecular flexibility index (Phi) is 3.00. The summed E-state index contributed by atoms with van der Waals surface area (Å²) in [5.41, 5.74) is 7.62. The zero-order valence-electron chi connectivity index (χ0n) is 9.01. The Labute approximate surface area is 97.9 Å². The van der Waals surface area contributed by atoms with Gasteiger partial charge in [-0.3, -0.25) is 0 Å². The van der Waals surface area contributed by atoms with Crippen LogP contribution in [-0.2, 0) is 6.54 Å². The fraction of sp³-hybridized carbons (Fsp3) is 0.0833. The number of nitrogens with two attached hydrogens (primary N) is 1. The molecule has 0 aliphatic heterocycles. The maximum Gasteiger partial charge on any atom is 0.337 e. The molecule has 5 heteroatoms. The molecule has 0 atom stereocenters. The lowest BCUT2D eigenvalue weighted by Crippen LogP contribution is -2.06. The number of benzene rings is 1. The third kappa shape index (κ3) is 2.57. The molecule has 0 saturated carbocycles. The first-order chi connectivity index (χ1) is 8.16. The van der Waals surface area contributed by atoms with E-state index in [2.05, 4.69) is 5.32 Å². The van der Waals surface area contributed by atoms with Crippen LogP contribution >= 0.6 is 0 Å². The van der Waals surface area contributed by atoms with Crippen molar-refractivity contribution in [3.05, 3.63) is 47.9 Å². The van der Waals surface area contributed by atoms with Gasteiger partial charge in [-0.05, 0) is 24.3 Å². The molecule has 0 saturated heterocycles. The molecule has 1 aromatic carbocycles. The molecule has 0 unspecified atom stereocenters. The smallest absolute Gasteiger partial charge is 0.337 e. The standard InChI is InChI=1S/C12H12N2O3/c13-9-1-2-11(10(5-9)12(15)16)14-6-8-3-4-17-7-8/h1-5,7,14H,6,13H2,(H,15,16). The zero-order chi connectivity index (χ0) is 12.3. The molecule has 0 bridgehead atoms. The van der Waals surface area contributed by atoms with Gasteiger partial charge in [0.05, 0.1) is 18.1 Å². The average Bonchev–Trinajstić information content (AvgIpc) is 2.80. The number of anilines is 2. The van der Waals surface area contributed by atoms with Crippen molar-refractivity contribution in [2.24, 2.45) is 0 Å². The number of nitrogen functional groups attached to an aromatic ring is 1. The van der Waals surface area contributed by atoms with Crippen LogP contribution < -0.4 is 11.1 Å². The molecule has 5 nitrogen and oxygen atoms in total. The first-order valence-corrected chi connectivity index (χ1v) is 5.04. The lowest BCUT2D eigenvalue weighted by Gasteiger charge is -2.09. The summed E-state index contributed by atoms with van der Waals surface area (Å²) in [4.78, 5) is 11.0. The van der Waals surface area contributed by atoms with Crippen molar-refractivity contribution in [2.45, 2.75) is 6.54 Å². The molecule has 0 spiro atoms. The number of nitrogens with one attached hydrogen (secondary N) is 1. The first-order valence-electron chi connectivity index (χ1n) is 5.04. The van der Waals surface area contributed by atoms with Crippen LogP contribution in [0.4, 0.5) is 11.4 Å². The highest BCUT2D eigenvalue weighted by Gasteiger charge is 2.10. The maximum absolute atomic E-state index is 11.0. The Morgan fingerprint density at radius 3 is 2.88 bits per heavy atom. The highest BCUT2D eigenvalue weighted by molar-refractivity contribution is 5.95. The Bertz CT molecular complexity index is 521. The quantitative estimate of drug-likeness (QED) is 0.703. The topological polar surface area (TPSA) is 88.5 Å². The minimum Gasteiger partial charge on any atom is -0.478 e. The Morgan fingerprint density at radius 1 is 1.41 bits per heavy atom. The van der Waals surface area contributed by atoms with E-state index in [0.717, 1.165) is 5.56 Å². The number of hydrogen-bond donors (Lipinski definition) is 3. The Morgan fingerprint density at radius 2 is 2.24 bits per heavy atom. The van der Waals surface area contributed by atoms with Gasteiger partial charge in [0.15, 0.2) is 0 Å². The van der Waals surface area contributed by atoms with Crippen LogP contribution in [0.3, 0.4) is 0 Å². The molecular weight excluding hydrogens is 220 g/mol. The lowest BCUT2D eigenvalue weighted by atomic mass is 10.1. The molecule has 88 valence electrons. The SMILES string of the molecule is Nc1ccc(NCc2ccoc2)c(C(=O)O)c1. The summed E-state index contributed by atoms with van der Waals surface area (Å²) in [5, 5.41) is 12.1. The Hall–Kier alpha value is -2.43. The minimum atomic E-state index is -1.01. The van der Waals surface area contributed by atoms with Gasteiger partial charge in [0, 0.05) is 23.5 Å². The minimum absolute atomic E-state index is 0.161. The second-order valence-electron chi connectivity index (χ2n) is 3.60. The van der Waals surface area contributed by atoms with Gasteiger partial charge in [-0.1, -0.05) is 0 Å². The Balaban J connectivity index is 2.17. The van der Waals surface area contributed by atoms with Crippen molar-refractivity contribution in [1.82, 2.24) is 0 Å². The van der Waals surface area contributed by atoms with Gasteiger partial charge in [0.2, 0.25) is 0 Å². The van der Waals surface area contributed by atoms with Crippen molar-refractivity contribution in [3.8, 4) is 0 Å². The molecule has 1 aromatic heterocycles. The molecule has 0 fully saturated rings. The van der Waals surface area contributed by atoms with E-state index in [-0.39, 0.29) is 5.56 Å². The van der Waals surface area contributed by atoms with E-state index in [4.69, 9.17) is 15.3 Å². The van der Waals surface area contributed by atoms with Crippen LogP contribution in [0.15, 0.2) is 41.2 Å². The van der Waals surface area contributed by atoms with E-state index in [1.165, 1.54) is 6.07 Å². The van der Waals surface area contributed by atoms with Crippen molar-refractivity contribution in [3.63, 3.8) is 0 Å². The summed E-state index contributed by atoms with van der Waals surface area (Å²) in [6.45, 7) is 0.501. The van der Waals surface area contributed by atoms with Gasteiger partial charge in [-0.15, -0.1) is 0 Å². The number of rotatable bonds is 4. The monoisotopic (exact) mass is 232 g/mol. The van der Waals surface area contributed by atoms with Gasteiger partial charge in [-0.25, -0.2) is 4.79 Å². The average molecular weight is 232 g/mol. The number of carboxylic acids is 1. The highest BCUT2D eigenvalue weighted by Crippen LogP contribution is 2.19. The van der Waals surface area contributed by atoms with E-state index in [9.17, 15) is 4.79 Å². The van der Waals surface area contributed by atoms with E-state index < -0.39 is 5.97 Å². The number of furan rings is 1. The largest absolute Gasteiger partial charge is 0.478 e. The summed E-state index contributed by atoms with van der Waals surface area (Å²) in [5.74, 6) is -1.01. The van der Waals surface area contributed by atoms with E-state index in [0.29, 0.717) is 17.9 Å². The van der Waals surface area contributed by atoms with Gasteiger partial charge >= 0.3 is 5.97 Å². The summed E-state index contributed by atoms with van der Waals surface area (Å²) in [6, 6.07) is 6.55. The molecule has 2 rings (SSSR count). The predicted molar refractivity (Wildman–Crippen MR) is 63.8 cm³/mol. The molecule has 2 aromatic rings. The molecule has 0 amide bonds. The molecule has 0 radical (unpaired) electrons. The maximum atomic E-state index is 11.0. The molecule has 0 aliphatic rings. The number of aromatic carboxylic acids is 1. The molecular formula is C12H12N2O3. The molecule has 1 heterocycles. The predicted octanol–water partition coefficient (Wildman–Crippen LogP) is 2.17. The van der Waals surface area contributed by atoms with E-state index >= 15 is 0 Å². The van der Waals surface area contributed by atoms with Crippen LogP contribution in [0.2, 0.25) is 0 Å². The van der Waals surface area contributed by atoms with Crippen molar-refractivity contribution >= 4 is 17.3 Å². The number of carboxylic acid groups (broad SMARTS) is 1. The van der Waals surface area contributed by atoms with Crippen LogP contribution in [0.25, 0.3) is 0 Å². The normalized spacial score (nSPS) is 10.1. The van der Waals surface area contributed by atoms with Crippen LogP contribution in [0, 0.1) is 0 Å². The second-order valence-corrected chi connectivity index (χ2v) is 3.60. The third-order valence-corrected chi connectivity index (χ3v) is 2.34. The third-order valence-electron chi connectivity index (χ3n) is 2.34. The van der Waals surface area contributed by atoms with Gasteiger partial charge < -0.3 is 20.6 Å². The fourth-order valence-corrected chi connectivity index (χ4v) is 1.48. The lowest BCUT2D eigenvalue weighted by molar-refractivity contribution is 0.0698. The van der Waals surface area contributed by atoms with Crippen molar-refractivity contribution in [2.75, 3.05) is 11.1 Å². The summed E-state index contributed by atoms with van der Waals surface area (Å²) < 4.78 is 4.92. The molecule has 0 aliphatic carbocycles. The zero-order valence-corrected chi connectivity index (χ0v) is 9.01. The summed E-state index contributed by atoms with van der Waals surface area (Å²) in [7, 11) is 0. The second kappa shape index (κ2) is 4.61. The van der Waals surface area contributed by atoms with Gasteiger partial charge in [-0.2, -0.15) is 0 Å². The highest BCUT2D eigenvalue weighted by atomic mass is 16.4. The molecule has 17 heavy (non-hydrogen) atoms. The van der Waals surface area contributed by atoms with Crippen LogP contribution in [-0.4, -0.2) is 11.1 Å². The van der Waals surface area contributed by atoms with Crippen LogP contribution in [0.5, 0.6) is 0 Å². The number of carbonyl (C=O) groups is 1. The first kappa shape index (κ1) is 11.1.